The molecule has 1 amide bonds. The first-order valence-electron chi connectivity index (χ1n) is 5.22. The molecule has 0 radical (unpaired) electrons. The summed E-state index contributed by atoms with van der Waals surface area (Å²) in [6, 6.07) is -0.963. The van der Waals surface area contributed by atoms with Crippen molar-refractivity contribution in [2.75, 3.05) is 0 Å². The molecule has 0 aromatic carbocycles. The van der Waals surface area contributed by atoms with E-state index in [1.807, 2.05) is 0 Å². The van der Waals surface area contributed by atoms with E-state index in [1.165, 1.54) is 6.92 Å². The zero-order chi connectivity index (χ0) is 13.9. The van der Waals surface area contributed by atoms with Gasteiger partial charge in [0, 0.05) is 0 Å². The summed E-state index contributed by atoms with van der Waals surface area (Å²) in [6.45, 7) is 7.29. The first-order chi connectivity index (χ1) is 7.52. The van der Waals surface area contributed by atoms with Crippen molar-refractivity contribution in [3.63, 3.8) is 0 Å². The highest BCUT2D eigenvalue weighted by Crippen LogP contribution is 2.16. The molecule has 2 atom stereocenters. The number of carbonyl (C=O) groups excluding carboxylic acids is 3. The van der Waals surface area contributed by atoms with Gasteiger partial charge in [-0.05, 0) is 34.6 Å². The van der Waals surface area contributed by atoms with Gasteiger partial charge >= 0.3 is 5.97 Å². The molecule has 0 rings (SSSR count). The molecule has 6 heteroatoms. The van der Waals surface area contributed by atoms with Gasteiger partial charge in [-0.15, -0.1) is 0 Å². The van der Waals surface area contributed by atoms with E-state index < -0.39 is 29.0 Å². The molecule has 0 fully saturated rings. The van der Waals surface area contributed by atoms with Gasteiger partial charge in [-0.3, -0.25) is 9.59 Å². The molecule has 0 bridgehead atoms. The second-order valence-corrected chi connectivity index (χ2v) is 4.94. The maximum atomic E-state index is 11.7. The number of carbonyl (C=O) groups is 3. The highest BCUT2D eigenvalue weighted by Gasteiger charge is 2.44. The Labute approximate surface area is 100 Å². The van der Waals surface area contributed by atoms with Gasteiger partial charge in [0.15, 0.2) is 5.78 Å². The average molecular weight is 245 g/mol. The second kappa shape index (κ2) is 5.27. The molecule has 98 valence electrons. The molecule has 0 aliphatic rings. The fourth-order valence-electron chi connectivity index (χ4n) is 1.08. The summed E-state index contributed by atoms with van der Waals surface area (Å²) in [5.41, 5.74) is -3.08. The van der Waals surface area contributed by atoms with Crippen molar-refractivity contribution < 1.29 is 24.2 Å². The van der Waals surface area contributed by atoms with Crippen LogP contribution >= 0.6 is 0 Å². The monoisotopic (exact) mass is 245 g/mol. The summed E-state index contributed by atoms with van der Waals surface area (Å²) in [4.78, 5) is 33.5. The van der Waals surface area contributed by atoms with E-state index in [0.29, 0.717) is 6.41 Å². The number of nitrogens with one attached hydrogen (secondary N) is 1. The largest absolute Gasteiger partial charge is 0.457 e. The fourth-order valence-corrected chi connectivity index (χ4v) is 1.08. The predicted molar refractivity (Wildman–Crippen MR) is 60.1 cm³/mol. The van der Waals surface area contributed by atoms with Crippen molar-refractivity contribution in [2.45, 2.75) is 51.9 Å². The number of ether oxygens (including phenoxy) is 1. The summed E-state index contributed by atoms with van der Waals surface area (Å²) >= 11 is 0. The second-order valence-electron chi connectivity index (χ2n) is 4.94. The van der Waals surface area contributed by atoms with Crippen molar-refractivity contribution in [1.29, 1.82) is 0 Å². The summed E-state index contributed by atoms with van der Waals surface area (Å²) in [5.74, 6) is -1.85. The van der Waals surface area contributed by atoms with E-state index in [0.717, 1.165) is 6.92 Å². The molecule has 2 N–H and O–H groups in total. The summed E-state index contributed by atoms with van der Waals surface area (Å²) < 4.78 is 4.93. The van der Waals surface area contributed by atoms with Crippen LogP contribution < -0.4 is 5.32 Å². The molecule has 0 heterocycles. The third-order valence-corrected chi connectivity index (χ3v) is 1.99. The van der Waals surface area contributed by atoms with Crippen molar-refractivity contribution in [3.8, 4) is 0 Å². The fraction of sp³-hybridized carbons (Fsp3) is 0.727. The van der Waals surface area contributed by atoms with Crippen molar-refractivity contribution in [3.05, 3.63) is 0 Å². The lowest BCUT2D eigenvalue weighted by Crippen LogP contribution is -2.53. The van der Waals surface area contributed by atoms with E-state index in [9.17, 15) is 19.5 Å². The number of esters is 1. The van der Waals surface area contributed by atoms with Crippen LogP contribution in [0.1, 0.15) is 34.6 Å². The van der Waals surface area contributed by atoms with E-state index in [2.05, 4.69) is 5.32 Å². The molecule has 0 aliphatic carbocycles. The Morgan fingerprint density at radius 1 is 1.29 bits per heavy atom. The van der Waals surface area contributed by atoms with Gasteiger partial charge in [-0.1, -0.05) is 0 Å². The number of ketones is 1. The Morgan fingerprint density at radius 2 is 1.76 bits per heavy atom. The molecule has 0 spiro atoms. The maximum Gasteiger partial charge on any atom is 0.346 e. The van der Waals surface area contributed by atoms with Gasteiger partial charge in [-0.25, -0.2) is 4.79 Å². The first kappa shape index (κ1) is 15.6. The SMILES string of the molecule is C[C@H](NC=O)C(=O)[C@](C)(O)C(=O)OC(C)(C)C. The number of hydrogen-bond acceptors (Lipinski definition) is 5. The Kier molecular flexibility index (Phi) is 4.82. The predicted octanol–water partition coefficient (Wildman–Crippen LogP) is -0.217. The zero-order valence-electron chi connectivity index (χ0n) is 10.7. The van der Waals surface area contributed by atoms with Gasteiger partial charge in [-0.2, -0.15) is 0 Å². The number of aliphatic hydroxyl groups is 1. The molecule has 0 unspecified atom stereocenters. The van der Waals surface area contributed by atoms with E-state index in [4.69, 9.17) is 4.74 Å². The van der Waals surface area contributed by atoms with Crippen LogP contribution in [0.4, 0.5) is 0 Å². The lowest BCUT2D eigenvalue weighted by Gasteiger charge is -2.27. The van der Waals surface area contributed by atoms with E-state index in [-0.39, 0.29) is 0 Å². The summed E-state index contributed by atoms with van der Waals surface area (Å²) in [6.07, 6.45) is 0.327. The van der Waals surface area contributed by atoms with Crippen LogP contribution in [0, 0.1) is 0 Å². The highest BCUT2D eigenvalue weighted by molar-refractivity contribution is 6.09. The number of Topliss-reactive ketones (excluding diaryl/α,β-unsaturated/α-hetero) is 1. The van der Waals surface area contributed by atoms with Crippen molar-refractivity contribution in [2.24, 2.45) is 0 Å². The number of rotatable bonds is 5. The number of hydrogen-bond donors (Lipinski definition) is 2. The van der Waals surface area contributed by atoms with Gasteiger partial charge in [0.2, 0.25) is 12.0 Å². The molecule has 0 aliphatic heterocycles. The average Bonchev–Trinajstić information content (AvgIpc) is 2.14. The van der Waals surface area contributed by atoms with Crippen LogP contribution in [-0.2, 0) is 19.1 Å². The molecular weight excluding hydrogens is 226 g/mol. The normalized spacial score (nSPS) is 16.6. The molecular formula is C11H19NO5. The minimum Gasteiger partial charge on any atom is -0.457 e. The Bertz CT molecular complexity index is 316. The van der Waals surface area contributed by atoms with Crippen LogP contribution in [0.25, 0.3) is 0 Å². The Hall–Kier alpha value is -1.43. The number of amides is 1. The molecule has 0 aromatic rings. The van der Waals surface area contributed by atoms with E-state index >= 15 is 0 Å². The Balaban J connectivity index is 4.82. The van der Waals surface area contributed by atoms with Crippen LogP contribution in [0.15, 0.2) is 0 Å². The molecule has 6 nitrogen and oxygen atoms in total. The quantitative estimate of drug-likeness (QED) is 0.397. The summed E-state index contributed by atoms with van der Waals surface area (Å²) in [5, 5.41) is 12.0. The van der Waals surface area contributed by atoms with Gasteiger partial charge in [0.1, 0.15) is 5.60 Å². The topological polar surface area (TPSA) is 92.7 Å². The third kappa shape index (κ3) is 4.52. The smallest absolute Gasteiger partial charge is 0.346 e. The molecule has 0 saturated carbocycles. The van der Waals surface area contributed by atoms with Crippen LogP contribution in [0.5, 0.6) is 0 Å². The van der Waals surface area contributed by atoms with Crippen LogP contribution in [0.3, 0.4) is 0 Å². The van der Waals surface area contributed by atoms with Gasteiger partial charge < -0.3 is 15.2 Å². The lowest BCUT2D eigenvalue weighted by atomic mass is 9.95. The van der Waals surface area contributed by atoms with Crippen molar-refractivity contribution >= 4 is 18.2 Å². The lowest BCUT2D eigenvalue weighted by molar-refractivity contribution is -0.178. The first-order valence-corrected chi connectivity index (χ1v) is 5.22. The van der Waals surface area contributed by atoms with Gasteiger partial charge in [0.05, 0.1) is 6.04 Å². The van der Waals surface area contributed by atoms with Gasteiger partial charge in [0.25, 0.3) is 0 Å². The standard InChI is InChI=1S/C11H19NO5/c1-7(12-6-13)8(14)11(5,16)9(15)17-10(2,3)4/h6-7,16H,1-5H3,(H,12,13)/t7-,11-/m0/s1. The zero-order valence-corrected chi connectivity index (χ0v) is 10.7. The van der Waals surface area contributed by atoms with Crippen molar-refractivity contribution in [1.82, 2.24) is 5.32 Å². The maximum absolute atomic E-state index is 11.7. The van der Waals surface area contributed by atoms with E-state index in [1.54, 1.807) is 20.8 Å². The minimum absolute atomic E-state index is 0.327. The highest BCUT2D eigenvalue weighted by atomic mass is 16.6. The molecule has 0 aromatic heterocycles. The minimum atomic E-state index is -2.28. The van der Waals surface area contributed by atoms with Crippen LogP contribution in [0.2, 0.25) is 0 Å². The molecule has 0 saturated heterocycles. The third-order valence-electron chi connectivity index (χ3n) is 1.99. The Morgan fingerprint density at radius 3 is 2.12 bits per heavy atom. The summed E-state index contributed by atoms with van der Waals surface area (Å²) in [7, 11) is 0. The van der Waals surface area contributed by atoms with Crippen LogP contribution in [-0.4, -0.2) is 40.5 Å². The molecule has 17 heavy (non-hydrogen) atoms.